The van der Waals surface area contributed by atoms with E-state index in [0.29, 0.717) is 32.6 Å². The highest BCUT2D eigenvalue weighted by molar-refractivity contribution is 5.93. The molecule has 2 heterocycles. The van der Waals surface area contributed by atoms with Gasteiger partial charge in [0.2, 0.25) is 11.8 Å². The number of likely N-dealkylation sites (tertiary alicyclic amines) is 1. The second-order valence-corrected chi connectivity index (χ2v) is 7.14. The number of anilines is 1. The summed E-state index contributed by atoms with van der Waals surface area (Å²) in [6, 6.07) is 15.9. The maximum atomic E-state index is 13.0. The van der Waals surface area contributed by atoms with E-state index >= 15 is 0 Å². The molecule has 0 bridgehead atoms. The lowest BCUT2D eigenvalue weighted by molar-refractivity contribution is -0.134. The number of benzene rings is 2. The molecular weight excluding hydrogens is 345 g/mol. The zero-order valence-corrected chi connectivity index (χ0v) is 15.0. The largest absolute Gasteiger partial charge is 0.342 e. The third kappa shape index (κ3) is 3.27. The summed E-state index contributed by atoms with van der Waals surface area (Å²) in [4.78, 5) is 29.2. The van der Waals surface area contributed by atoms with Crippen LogP contribution in [0.5, 0.6) is 0 Å². The fourth-order valence-electron chi connectivity index (χ4n) is 4.05. The van der Waals surface area contributed by atoms with Gasteiger partial charge >= 0.3 is 0 Å². The summed E-state index contributed by atoms with van der Waals surface area (Å²) in [5.74, 6) is -0.252. The molecule has 2 aliphatic rings. The molecule has 27 heavy (non-hydrogen) atoms. The summed E-state index contributed by atoms with van der Waals surface area (Å²) < 4.78 is 13.0. The molecule has 0 aromatic heterocycles. The van der Waals surface area contributed by atoms with E-state index < -0.39 is 5.54 Å². The van der Waals surface area contributed by atoms with E-state index in [1.54, 1.807) is 12.1 Å². The monoisotopic (exact) mass is 367 g/mol. The maximum Gasteiger partial charge on any atom is 0.247 e. The van der Waals surface area contributed by atoms with E-state index in [0.717, 1.165) is 11.3 Å². The van der Waals surface area contributed by atoms with Gasteiger partial charge in [0.05, 0.1) is 13.1 Å². The van der Waals surface area contributed by atoms with E-state index in [9.17, 15) is 14.0 Å². The van der Waals surface area contributed by atoms with Crippen LogP contribution in [0.4, 0.5) is 10.1 Å². The predicted molar refractivity (Wildman–Crippen MR) is 101 cm³/mol. The molecule has 2 saturated heterocycles. The Bertz CT molecular complexity index is 830. The van der Waals surface area contributed by atoms with Crippen LogP contribution in [0.3, 0.4) is 0 Å². The van der Waals surface area contributed by atoms with Crippen LogP contribution in [0, 0.1) is 5.82 Å². The minimum atomic E-state index is -0.589. The van der Waals surface area contributed by atoms with Crippen LogP contribution in [-0.2, 0) is 16.0 Å². The molecule has 0 unspecified atom stereocenters. The third-order valence-corrected chi connectivity index (χ3v) is 5.62. The van der Waals surface area contributed by atoms with Gasteiger partial charge in [-0.3, -0.25) is 9.59 Å². The minimum Gasteiger partial charge on any atom is -0.342 e. The SMILES string of the molecule is O=C(Cc1ccc(F)cc1)N1CCC2(CC1)C(=O)NCN2c1ccccc1. The van der Waals surface area contributed by atoms with Gasteiger partial charge in [-0.2, -0.15) is 0 Å². The van der Waals surface area contributed by atoms with Gasteiger partial charge in [0.25, 0.3) is 0 Å². The molecule has 0 saturated carbocycles. The number of hydrogen-bond acceptors (Lipinski definition) is 3. The molecule has 0 atom stereocenters. The highest BCUT2D eigenvalue weighted by Gasteiger charge is 2.50. The van der Waals surface area contributed by atoms with Crippen molar-refractivity contribution in [2.45, 2.75) is 24.8 Å². The molecule has 4 rings (SSSR count). The Morgan fingerprint density at radius 1 is 1.04 bits per heavy atom. The van der Waals surface area contributed by atoms with Crippen molar-refractivity contribution in [1.29, 1.82) is 0 Å². The molecule has 1 N–H and O–H groups in total. The van der Waals surface area contributed by atoms with Crippen molar-refractivity contribution in [3.8, 4) is 0 Å². The van der Waals surface area contributed by atoms with Crippen LogP contribution >= 0.6 is 0 Å². The Labute approximate surface area is 157 Å². The summed E-state index contributed by atoms with van der Waals surface area (Å²) in [5.41, 5.74) is 1.22. The molecule has 2 fully saturated rings. The molecule has 6 heteroatoms. The molecule has 0 aliphatic carbocycles. The quantitative estimate of drug-likeness (QED) is 0.906. The first-order valence-corrected chi connectivity index (χ1v) is 9.22. The van der Waals surface area contributed by atoms with Crippen LogP contribution < -0.4 is 10.2 Å². The number of carbonyl (C=O) groups excluding carboxylic acids is 2. The first-order valence-electron chi connectivity index (χ1n) is 9.22. The Morgan fingerprint density at radius 2 is 1.70 bits per heavy atom. The lowest BCUT2D eigenvalue weighted by atomic mass is 9.85. The van der Waals surface area contributed by atoms with E-state index in [1.807, 2.05) is 35.2 Å². The van der Waals surface area contributed by atoms with Crippen molar-refractivity contribution in [3.05, 3.63) is 66.0 Å². The zero-order valence-electron chi connectivity index (χ0n) is 15.0. The molecule has 2 aromatic rings. The Hall–Kier alpha value is -2.89. The maximum absolute atomic E-state index is 13.0. The normalized spacial score (nSPS) is 18.6. The molecular formula is C21H22FN3O2. The van der Waals surface area contributed by atoms with Gasteiger partial charge in [0.1, 0.15) is 11.4 Å². The molecule has 140 valence electrons. The number of nitrogens with zero attached hydrogens (tertiary/aromatic N) is 2. The van der Waals surface area contributed by atoms with Gasteiger partial charge in [-0.1, -0.05) is 30.3 Å². The van der Waals surface area contributed by atoms with Gasteiger partial charge in [-0.15, -0.1) is 0 Å². The topological polar surface area (TPSA) is 52.7 Å². The second-order valence-electron chi connectivity index (χ2n) is 7.14. The Morgan fingerprint density at radius 3 is 2.37 bits per heavy atom. The van der Waals surface area contributed by atoms with Crippen LogP contribution in [0.1, 0.15) is 18.4 Å². The number of rotatable bonds is 3. The Balaban J connectivity index is 1.44. The number of para-hydroxylation sites is 1. The van der Waals surface area contributed by atoms with Crippen LogP contribution in [0.2, 0.25) is 0 Å². The fraction of sp³-hybridized carbons (Fsp3) is 0.333. The number of nitrogens with one attached hydrogen (secondary N) is 1. The summed E-state index contributed by atoms with van der Waals surface area (Å²) in [5, 5.41) is 2.97. The van der Waals surface area contributed by atoms with Crippen molar-refractivity contribution >= 4 is 17.5 Å². The predicted octanol–water partition coefficient (Wildman–Crippen LogP) is 2.32. The van der Waals surface area contributed by atoms with E-state index in [2.05, 4.69) is 10.2 Å². The van der Waals surface area contributed by atoms with Gasteiger partial charge < -0.3 is 15.1 Å². The lowest BCUT2D eigenvalue weighted by Gasteiger charge is -2.43. The van der Waals surface area contributed by atoms with Crippen molar-refractivity contribution in [3.63, 3.8) is 0 Å². The first kappa shape index (κ1) is 17.5. The van der Waals surface area contributed by atoms with Crippen molar-refractivity contribution in [2.75, 3.05) is 24.7 Å². The molecule has 2 aromatic carbocycles. The second kappa shape index (κ2) is 7.02. The number of carbonyl (C=O) groups is 2. The summed E-state index contributed by atoms with van der Waals surface area (Å²) in [7, 11) is 0. The number of amides is 2. The molecule has 1 spiro atoms. The number of hydrogen-bond donors (Lipinski definition) is 1. The van der Waals surface area contributed by atoms with Gasteiger partial charge in [0.15, 0.2) is 0 Å². The smallest absolute Gasteiger partial charge is 0.247 e. The van der Waals surface area contributed by atoms with Crippen LogP contribution in [-0.4, -0.2) is 42.0 Å². The van der Waals surface area contributed by atoms with E-state index in [4.69, 9.17) is 0 Å². The van der Waals surface area contributed by atoms with Gasteiger partial charge in [0, 0.05) is 18.8 Å². The highest BCUT2D eigenvalue weighted by Crippen LogP contribution is 2.36. The molecule has 2 amide bonds. The third-order valence-electron chi connectivity index (χ3n) is 5.62. The standard InChI is InChI=1S/C21H22FN3O2/c22-17-8-6-16(7-9-17)14-19(26)24-12-10-21(11-13-24)20(27)23-15-25(21)18-4-2-1-3-5-18/h1-9H,10-15H2,(H,23,27). The summed E-state index contributed by atoms with van der Waals surface area (Å²) in [6.45, 7) is 1.57. The van der Waals surface area contributed by atoms with Gasteiger partial charge in [-0.05, 0) is 42.7 Å². The molecule has 5 nitrogen and oxygen atoms in total. The number of piperidine rings is 1. The molecule has 0 radical (unpaired) electrons. The van der Waals surface area contributed by atoms with Crippen LogP contribution in [0.15, 0.2) is 54.6 Å². The number of halogens is 1. The average Bonchev–Trinajstić information content (AvgIpc) is 3.01. The van der Waals surface area contributed by atoms with E-state index in [1.165, 1.54) is 12.1 Å². The van der Waals surface area contributed by atoms with Crippen molar-refractivity contribution in [2.24, 2.45) is 0 Å². The Kier molecular flexibility index (Phi) is 4.56. The summed E-state index contributed by atoms with van der Waals surface area (Å²) >= 11 is 0. The first-order chi connectivity index (χ1) is 13.1. The van der Waals surface area contributed by atoms with Crippen LogP contribution in [0.25, 0.3) is 0 Å². The fourth-order valence-corrected chi connectivity index (χ4v) is 4.05. The van der Waals surface area contributed by atoms with Gasteiger partial charge in [-0.25, -0.2) is 4.39 Å². The molecule has 2 aliphatic heterocycles. The average molecular weight is 367 g/mol. The summed E-state index contributed by atoms with van der Waals surface area (Å²) in [6.07, 6.45) is 1.45. The highest BCUT2D eigenvalue weighted by atomic mass is 19.1. The zero-order chi connectivity index (χ0) is 18.9. The van der Waals surface area contributed by atoms with Crippen molar-refractivity contribution in [1.82, 2.24) is 10.2 Å². The lowest BCUT2D eigenvalue weighted by Crippen LogP contribution is -2.57. The minimum absolute atomic E-state index is 0.0149. The van der Waals surface area contributed by atoms with Crippen molar-refractivity contribution < 1.29 is 14.0 Å². The van der Waals surface area contributed by atoms with E-state index in [-0.39, 0.29) is 24.1 Å².